The van der Waals surface area contributed by atoms with Crippen LogP contribution in [0, 0.1) is 19.8 Å². The highest BCUT2D eigenvalue weighted by Crippen LogP contribution is 2.29. The third-order valence-corrected chi connectivity index (χ3v) is 7.16. The largest absolute Gasteiger partial charge is 0.344 e. The Balaban J connectivity index is 2.15. The second-order valence-electron chi connectivity index (χ2n) is 6.54. The van der Waals surface area contributed by atoms with Gasteiger partial charge in [0.05, 0.1) is 17.3 Å². The molecule has 1 saturated heterocycles. The molecule has 0 spiro atoms. The normalized spacial score (nSPS) is 20.7. The number of hydrogen-bond donors (Lipinski definition) is 0. The molecule has 124 valence electrons. The van der Waals surface area contributed by atoms with Gasteiger partial charge in [-0.05, 0) is 38.0 Å². The monoisotopic (exact) mass is 343 g/mol. The number of nitrogens with zero attached hydrogens (tertiary/aromatic N) is 1. The number of aryl methyl sites for hydroxylation is 1. The summed E-state index contributed by atoms with van der Waals surface area (Å²) in [7, 11) is -2.92. The van der Waals surface area contributed by atoms with Crippen molar-refractivity contribution in [1.29, 1.82) is 0 Å². The van der Waals surface area contributed by atoms with Crippen molar-refractivity contribution in [3.63, 3.8) is 0 Å². The van der Waals surface area contributed by atoms with Crippen molar-refractivity contribution in [2.45, 2.75) is 40.2 Å². The Morgan fingerprint density at radius 2 is 2.09 bits per heavy atom. The Hall–Kier alpha value is -0.750. The van der Waals surface area contributed by atoms with Crippen LogP contribution >= 0.6 is 11.8 Å². The molecule has 0 radical (unpaired) electrons. The Kier molecular flexibility index (Phi) is 5.43. The maximum Gasteiger partial charge on any atom is 0.174 e. The van der Waals surface area contributed by atoms with Crippen molar-refractivity contribution >= 4 is 27.4 Å². The first kappa shape index (κ1) is 17.6. The molecule has 1 aromatic heterocycles. The Morgan fingerprint density at radius 3 is 2.64 bits per heavy atom. The van der Waals surface area contributed by atoms with Crippen LogP contribution in [0.15, 0.2) is 6.07 Å². The summed E-state index contributed by atoms with van der Waals surface area (Å²) >= 11 is 1.67. The highest BCUT2D eigenvalue weighted by molar-refractivity contribution is 7.99. The van der Waals surface area contributed by atoms with Gasteiger partial charge in [0, 0.05) is 23.0 Å². The Bertz CT molecular complexity index is 659. The van der Waals surface area contributed by atoms with E-state index in [9.17, 15) is 13.2 Å². The Morgan fingerprint density at radius 1 is 1.41 bits per heavy atom. The minimum absolute atomic E-state index is 0.0186. The van der Waals surface area contributed by atoms with Crippen molar-refractivity contribution < 1.29 is 13.2 Å². The molecule has 2 rings (SSSR count). The summed E-state index contributed by atoms with van der Waals surface area (Å²) in [6.45, 7) is 8.17. The topological polar surface area (TPSA) is 56.1 Å². The molecule has 0 bridgehead atoms. The lowest BCUT2D eigenvalue weighted by Gasteiger charge is -2.16. The first-order valence-corrected chi connectivity index (χ1v) is 10.7. The second-order valence-corrected chi connectivity index (χ2v) is 9.80. The molecule has 6 heteroatoms. The quantitative estimate of drug-likeness (QED) is 0.745. The fourth-order valence-electron chi connectivity index (χ4n) is 3.07. The molecule has 0 unspecified atom stereocenters. The lowest BCUT2D eigenvalue weighted by atomic mass is 10.2. The van der Waals surface area contributed by atoms with Gasteiger partial charge >= 0.3 is 0 Å². The highest BCUT2D eigenvalue weighted by atomic mass is 32.2. The van der Waals surface area contributed by atoms with Gasteiger partial charge in [0.2, 0.25) is 0 Å². The van der Waals surface area contributed by atoms with Crippen molar-refractivity contribution in [1.82, 2.24) is 4.57 Å². The summed E-state index contributed by atoms with van der Waals surface area (Å²) in [6, 6.07) is 1.90. The lowest BCUT2D eigenvalue weighted by Crippen LogP contribution is -2.14. The predicted molar refractivity (Wildman–Crippen MR) is 92.7 cm³/mol. The minimum atomic E-state index is -2.92. The molecule has 0 amide bonds. The van der Waals surface area contributed by atoms with Gasteiger partial charge in [-0.1, -0.05) is 13.8 Å². The molecule has 0 saturated carbocycles. The van der Waals surface area contributed by atoms with E-state index in [2.05, 4.69) is 13.8 Å². The lowest BCUT2D eigenvalue weighted by molar-refractivity contribution is 0.102. The zero-order valence-corrected chi connectivity index (χ0v) is 15.4. The summed E-state index contributed by atoms with van der Waals surface area (Å²) in [4.78, 5) is 12.4. The van der Waals surface area contributed by atoms with Gasteiger partial charge < -0.3 is 4.57 Å². The van der Waals surface area contributed by atoms with Crippen LogP contribution in [0.25, 0.3) is 0 Å². The number of hydrogen-bond acceptors (Lipinski definition) is 4. The van der Waals surface area contributed by atoms with E-state index in [0.717, 1.165) is 22.7 Å². The summed E-state index contributed by atoms with van der Waals surface area (Å²) in [5, 5.41) is 0. The smallest absolute Gasteiger partial charge is 0.174 e. The maximum atomic E-state index is 12.4. The van der Waals surface area contributed by atoms with Gasteiger partial charge in [-0.2, -0.15) is 11.8 Å². The molecule has 1 aromatic rings. The molecule has 0 aromatic carbocycles. The summed E-state index contributed by atoms with van der Waals surface area (Å²) in [5.41, 5.74) is 2.64. The van der Waals surface area contributed by atoms with Crippen LogP contribution in [0.3, 0.4) is 0 Å². The van der Waals surface area contributed by atoms with Crippen LogP contribution in [-0.2, 0) is 9.84 Å². The third kappa shape index (κ3) is 3.96. The molecule has 0 aliphatic carbocycles. The summed E-state index contributed by atoms with van der Waals surface area (Å²) in [6.07, 6.45) is 0.647. The third-order valence-electron chi connectivity index (χ3n) is 4.04. The number of carbonyl (C=O) groups excluding carboxylic acids is 1. The molecule has 22 heavy (non-hydrogen) atoms. The number of ketones is 1. The van der Waals surface area contributed by atoms with Crippen molar-refractivity contribution in [2.75, 3.05) is 23.0 Å². The van der Waals surface area contributed by atoms with Gasteiger partial charge in [0.25, 0.3) is 0 Å². The molecule has 1 aliphatic rings. The predicted octanol–water partition coefficient (Wildman–Crippen LogP) is 3.04. The number of thioether (sulfide) groups is 1. The van der Waals surface area contributed by atoms with E-state index in [0.29, 0.717) is 18.1 Å². The van der Waals surface area contributed by atoms with E-state index < -0.39 is 9.84 Å². The van der Waals surface area contributed by atoms with E-state index in [1.807, 2.05) is 24.5 Å². The highest BCUT2D eigenvalue weighted by Gasteiger charge is 2.31. The van der Waals surface area contributed by atoms with E-state index in [-0.39, 0.29) is 23.3 Å². The van der Waals surface area contributed by atoms with Crippen LogP contribution in [-0.4, -0.2) is 41.8 Å². The minimum Gasteiger partial charge on any atom is -0.344 e. The first-order chi connectivity index (χ1) is 10.2. The summed E-state index contributed by atoms with van der Waals surface area (Å²) < 4.78 is 25.4. The number of aromatic nitrogens is 1. The molecule has 2 heterocycles. The number of carbonyl (C=O) groups is 1. The zero-order chi connectivity index (χ0) is 16.5. The number of Topliss-reactive ketones (excluding diaryl/α,β-unsaturated/α-hetero) is 1. The molecule has 1 atom stereocenters. The molecule has 4 nitrogen and oxygen atoms in total. The van der Waals surface area contributed by atoms with Crippen LogP contribution in [0.2, 0.25) is 0 Å². The standard InChI is InChI=1S/C16H25NO3S2/c1-11(2)8-21-9-16(18)15-7-12(3)17(13(15)4)14-5-6-22(19,20)10-14/h7,11,14H,5-6,8-10H2,1-4H3/t14-/m1/s1. The second kappa shape index (κ2) is 6.79. The van der Waals surface area contributed by atoms with Gasteiger partial charge in [-0.15, -0.1) is 0 Å². The fraction of sp³-hybridized carbons (Fsp3) is 0.688. The van der Waals surface area contributed by atoms with Gasteiger partial charge in [0.1, 0.15) is 0 Å². The van der Waals surface area contributed by atoms with Crippen LogP contribution in [0.4, 0.5) is 0 Å². The average Bonchev–Trinajstić information content (AvgIpc) is 2.88. The zero-order valence-electron chi connectivity index (χ0n) is 13.8. The fourth-order valence-corrected chi connectivity index (χ4v) is 5.70. The molecule has 1 fully saturated rings. The van der Waals surface area contributed by atoms with Crippen molar-refractivity contribution in [2.24, 2.45) is 5.92 Å². The molecule has 0 N–H and O–H groups in total. The van der Waals surface area contributed by atoms with Crippen molar-refractivity contribution in [3.8, 4) is 0 Å². The van der Waals surface area contributed by atoms with E-state index >= 15 is 0 Å². The van der Waals surface area contributed by atoms with Gasteiger partial charge in [0.15, 0.2) is 15.6 Å². The SMILES string of the molecule is Cc1cc(C(=O)CSCC(C)C)c(C)n1[C@@H]1CCS(=O)(=O)C1. The van der Waals surface area contributed by atoms with Crippen molar-refractivity contribution in [3.05, 3.63) is 23.0 Å². The van der Waals surface area contributed by atoms with E-state index in [1.54, 1.807) is 11.8 Å². The number of rotatable bonds is 6. The van der Waals surface area contributed by atoms with Crippen LogP contribution in [0.1, 0.15) is 48.1 Å². The van der Waals surface area contributed by atoms with E-state index in [1.165, 1.54) is 0 Å². The number of sulfone groups is 1. The first-order valence-electron chi connectivity index (χ1n) is 7.71. The van der Waals surface area contributed by atoms with Crippen LogP contribution < -0.4 is 0 Å². The summed E-state index contributed by atoms with van der Waals surface area (Å²) in [5.74, 6) is 2.64. The Labute approximate surface area is 137 Å². The maximum absolute atomic E-state index is 12.4. The molecule has 1 aliphatic heterocycles. The van der Waals surface area contributed by atoms with Gasteiger partial charge in [-0.3, -0.25) is 4.79 Å². The molecular formula is C16H25NO3S2. The molecular weight excluding hydrogens is 318 g/mol. The van der Waals surface area contributed by atoms with E-state index in [4.69, 9.17) is 0 Å². The van der Waals surface area contributed by atoms with Crippen LogP contribution in [0.5, 0.6) is 0 Å². The average molecular weight is 344 g/mol. The van der Waals surface area contributed by atoms with Gasteiger partial charge in [-0.25, -0.2) is 8.42 Å².